The number of primary amides is 1. The van der Waals surface area contributed by atoms with E-state index < -0.39 is 5.91 Å². The van der Waals surface area contributed by atoms with E-state index >= 15 is 0 Å². The molecule has 0 aliphatic heterocycles. The van der Waals surface area contributed by atoms with Crippen LogP contribution in [0, 0.1) is 18.3 Å². The van der Waals surface area contributed by atoms with Gasteiger partial charge in [0.1, 0.15) is 6.54 Å². The fraction of sp³-hybridized carbons (Fsp3) is 0.200. The van der Waals surface area contributed by atoms with Gasteiger partial charge in [0.2, 0.25) is 5.91 Å². The fourth-order valence-corrected chi connectivity index (χ4v) is 1.19. The molecule has 0 fully saturated rings. The second kappa shape index (κ2) is 4.28. The normalized spacial score (nSPS) is 9.14. The number of nitriles is 1. The average molecular weight is 189 g/mol. The number of anilines is 1. The van der Waals surface area contributed by atoms with Gasteiger partial charge in [-0.25, -0.2) is 0 Å². The van der Waals surface area contributed by atoms with Crippen LogP contribution in [-0.2, 0) is 0 Å². The molecule has 0 unspecified atom stereocenters. The Morgan fingerprint density at radius 1 is 1.64 bits per heavy atom. The molecule has 0 atom stereocenters. The summed E-state index contributed by atoms with van der Waals surface area (Å²) >= 11 is 0. The van der Waals surface area contributed by atoms with Crippen LogP contribution in [-0.4, -0.2) is 12.5 Å². The molecule has 0 saturated heterocycles. The Kier molecular flexibility index (Phi) is 3.08. The summed E-state index contributed by atoms with van der Waals surface area (Å²) < 4.78 is 0. The summed E-state index contributed by atoms with van der Waals surface area (Å²) in [5.74, 6) is -0.436. The van der Waals surface area contributed by atoms with E-state index in [0.29, 0.717) is 5.56 Å². The van der Waals surface area contributed by atoms with Gasteiger partial charge >= 0.3 is 0 Å². The molecule has 1 aromatic rings. The summed E-state index contributed by atoms with van der Waals surface area (Å²) in [6.07, 6.45) is 0. The lowest BCUT2D eigenvalue weighted by Gasteiger charge is -2.05. The maximum absolute atomic E-state index is 10.9. The number of aryl methyl sites for hydroxylation is 1. The number of hydrogen-bond acceptors (Lipinski definition) is 3. The van der Waals surface area contributed by atoms with E-state index in [-0.39, 0.29) is 6.54 Å². The molecule has 4 heteroatoms. The summed E-state index contributed by atoms with van der Waals surface area (Å²) in [4.78, 5) is 10.9. The molecular formula is C10H11N3O. The molecule has 0 heterocycles. The minimum Gasteiger partial charge on any atom is -0.372 e. The summed E-state index contributed by atoms with van der Waals surface area (Å²) in [7, 11) is 0. The highest BCUT2D eigenvalue weighted by molar-refractivity contribution is 5.94. The molecule has 0 bridgehead atoms. The van der Waals surface area contributed by atoms with Gasteiger partial charge in [0.15, 0.2) is 0 Å². The predicted octanol–water partition coefficient (Wildman–Crippen LogP) is 1.03. The quantitative estimate of drug-likeness (QED) is 0.697. The van der Waals surface area contributed by atoms with Crippen LogP contribution in [0.15, 0.2) is 18.2 Å². The Hall–Kier alpha value is -2.02. The van der Waals surface area contributed by atoms with Crippen molar-refractivity contribution in [1.82, 2.24) is 0 Å². The van der Waals surface area contributed by atoms with Crippen LogP contribution in [0.25, 0.3) is 0 Å². The van der Waals surface area contributed by atoms with E-state index in [1.807, 2.05) is 6.07 Å². The van der Waals surface area contributed by atoms with Crippen molar-refractivity contribution < 1.29 is 4.79 Å². The number of carbonyl (C=O) groups excluding carboxylic acids is 1. The molecule has 4 nitrogen and oxygen atoms in total. The Bertz CT molecular complexity index is 393. The Morgan fingerprint density at radius 2 is 2.36 bits per heavy atom. The first-order valence-corrected chi connectivity index (χ1v) is 4.16. The van der Waals surface area contributed by atoms with Crippen LogP contribution in [0.3, 0.4) is 0 Å². The Labute approximate surface area is 82.3 Å². The molecule has 0 aliphatic rings. The molecule has 1 rings (SSSR count). The Morgan fingerprint density at radius 3 is 2.86 bits per heavy atom. The minimum absolute atomic E-state index is 0.245. The highest BCUT2D eigenvalue weighted by atomic mass is 16.1. The number of carbonyl (C=O) groups is 1. The van der Waals surface area contributed by atoms with Crippen molar-refractivity contribution in [1.29, 1.82) is 5.26 Å². The van der Waals surface area contributed by atoms with Gasteiger partial charge in [-0.05, 0) is 30.7 Å². The first kappa shape index (κ1) is 10.1. The van der Waals surface area contributed by atoms with Gasteiger partial charge in [0.25, 0.3) is 0 Å². The summed E-state index contributed by atoms with van der Waals surface area (Å²) in [6.45, 7) is 2.05. The molecule has 0 radical (unpaired) electrons. The number of amides is 1. The van der Waals surface area contributed by atoms with Crippen molar-refractivity contribution in [2.75, 3.05) is 11.9 Å². The molecule has 14 heavy (non-hydrogen) atoms. The van der Waals surface area contributed by atoms with Crippen LogP contribution >= 0.6 is 0 Å². The second-order valence-electron chi connectivity index (χ2n) is 2.91. The van der Waals surface area contributed by atoms with Crippen molar-refractivity contribution in [3.8, 4) is 6.07 Å². The van der Waals surface area contributed by atoms with Gasteiger partial charge < -0.3 is 11.1 Å². The maximum Gasteiger partial charge on any atom is 0.248 e. The smallest absolute Gasteiger partial charge is 0.248 e. The van der Waals surface area contributed by atoms with Gasteiger partial charge in [-0.3, -0.25) is 4.79 Å². The van der Waals surface area contributed by atoms with E-state index in [9.17, 15) is 4.79 Å². The maximum atomic E-state index is 10.9. The van der Waals surface area contributed by atoms with Crippen molar-refractivity contribution in [3.05, 3.63) is 29.3 Å². The van der Waals surface area contributed by atoms with Crippen molar-refractivity contribution >= 4 is 11.6 Å². The van der Waals surface area contributed by atoms with Gasteiger partial charge in [0, 0.05) is 11.3 Å². The zero-order valence-electron chi connectivity index (χ0n) is 7.87. The topological polar surface area (TPSA) is 78.9 Å². The lowest BCUT2D eigenvalue weighted by molar-refractivity contribution is 0.1000. The number of benzene rings is 1. The molecule has 0 saturated carbocycles. The van der Waals surface area contributed by atoms with E-state index in [4.69, 9.17) is 11.0 Å². The van der Waals surface area contributed by atoms with Gasteiger partial charge in [-0.1, -0.05) is 0 Å². The minimum atomic E-state index is -0.436. The van der Waals surface area contributed by atoms with Crippen LogP contribution in [0.5, 0.6) is 0 Å². The van der Waals surface area contributed by atoms with Gasteiger partial charge in [-0.15, -0.1) is 0 Å². The van der Waals surface area contributed by atoms with Crippen LogP contribution in [0.4, 0.5) is 5.69 Å². The highest BCUT2D eigenvalue weighted by Gasteiger charge is 2.04. The fourth-order valence-electron chi connectivity index (χ4n) is 1.19. The number of nitrogens with zero attached hydrogens (tertiary/aromatic N) is 1. The largest absolute Gasteiger partial charge is 0.372 e. The zero-order valence-corrected chi connectivity index (χ0v) is 7.87. The number of hydrogen-bond donors (Lipinski definition) is 2. The van der Waals surface area contributed by atoms with Gasteiger partial charge in [0.05, 0.1) is 6.07 Å². The van der Waals surface area contributed by atoms with Gasteiger partial charge in [-0.2, -0.15) is 5.26 Å². The third-order valence-corrected chi connectivity index (χ3v) is 1.86. The molecular weight excluding hydrogens is 178 g/mol. The first-order valence-electron chi connectivity index (χ1n) is 4.16. The number of nitrogens with one attached hydrogen (secondary N) is 1. The summed E-state index contributed by atoms with van der Waals surface area (Å²) in [5.41, 5.74) is 7.28. The number of rotatable bonds is 3. The van der Waals surface area contributed by atoms with E-state index in [2.05, 4.69) is 5.32 Å². The third kappa shape index (κ3) is 2.23. The molecule has 0 aromatic heterocycles. The molecule has 3 N–H and O–H groups in total. The average Bonchev–Trinajstić information content (AvgIpc) is 2.14. The Balaban J connectivity index is 2.90. The van der Waals surface area contributed by atoms with Crippen LogP contribution in [0.2, 0.25) is 0 Å². The molecule has 0 aliphatic carbocycles. The van der Waals surface area contributed by atoms with Crippen molar-refractivity contribution in [3.63, 3.8) is 0 Å². The highest BCUT2D eigenvalue weighted by Crippen LogP contribution is 2.14. The molecule has 1 amide bonds. The van der Waals surface area contributed by atoms with Crippen molar-refractivity contribution in [2.45, 2.75) is 6.92 Å². The summed E-state index contributed by atoms with van der Waals surface area (Å²) in [6, 6.07) is 7.14. The van der Waals surface area contributed by atoms with Crippen LogP contribution < -0.4 is 11.1 Å². The number of nitrogens with two attached hydrogens (primary N) is 1. The molecule has 1 aromatic carbocycles. The third-order valence-electron chi connectivity index (χ3n) is 1.86. The molecule has 72 valence electrons. The van der Waals surface area contributed by atoms with E-state index in [0.717, 1.165) is 11.3 Å². The van der Waals surface area contributed by atoms with Crippen LogP contribution in [0.1, 0.15) is 15.9 Å². The predicted molar refractivity (Wildman–Crippen MR) is 53.8 cm³/mol. The standard InChI is InChI=1S/C10H11N3O/c1-7-6-8(13-5-4-11)2-3-9(7)10(12)14/h2-3,6,13H,5H2,1H3,(H2,12,14). The zero-order chi connectivity index (χ0) is 10.6. The van der Waals surface area contributed by atoms with Crippen molar-refractivity contribution in [2.24, 2.45) is 5.73 Å². The van der Waals surface area contributed by atoms with E-state index in [1.165, 1.54) is 0 Å². The monoisotopic (exact) mass is 189 g/mol. The second-order valence-corrected chi connectivity index (χ2v) is 2.91. The lowest BCUT2D eigenvalue weighted by Crippen LogP contribution is -2.12. The molecule has 0 spiro atoms. The van der Waals surface area contributed by atoms with E-state index in [1.54, 1.807) is 25.1 Å². The lowest BCUT2D eigenvalue weighted by atomic mass is 10.1. The first-order chi connectivity index (χ1) is 6.65. The summed E-state index contributed by atoms with van der Waals surface area (Å²) in [5, 5.41) is 11.2. The SMILES string of the molecule is Cc1cc(NCC#N)ccc1C(N)=O.